The van der Waals surface area contributed by atoms with Gasteiger partial charge in [-0.2, -0.15) is 0 Å². The summed E-state index contributed by atoms with van der Waals surface area (Å²) in [5.41, 5.74) is 0.739. The number of phenols is 1. The van der Waals surface area contributed by atoms with Crippen LogP contribution in [0.3, 0.4) is 0 Å². The van der Waals surface area contributed by atoms with Gasteiger partial charge in [0.1, 0.15) is 0 Å². The molecule has 1 atom stereocenters. The molecule has 4 heteroatoms. The Bertz CT molecular complexity index is 399. The van der Waals surface area contributed by atoms with Gasteiger partial charge in [0.25, 0.3) is 0 Å². The van der Waals surface area contributed by atoms with Gasteiger partial charge in [0.2, 0.25) is 0 Å². The monoisotopic (exact) mass is 253 g/mol. The minimum atomic E-state index is -0.608. The molecule has 0 fully saturated rings. The highest BCUT2D eigenvalue weighted by molar-refractivity contribution is 5.42. The van der Waals surface area contributed by atoms with Crippen LogP contribution in [0.4, 0.5) is 0 Å². The normalized spacial score (nSPS) is 13.7. The smallest absolute Gasteiger partial charge is 0.160 e. The van der Waals surface area contributed by atoms with Crippen LogP contribution in [0, 0.1) is 0 Å². The van der Waals surface area contributed by atoms with Gasteiger partial charge in [0.15, 0.2) is 11.5 Å². The van der Waals surface area contributed by atoms with Crippen molar-refractivity contribution >= 4 is 0 Å². The number of rotatable bonds is 4. The first-order valence-corrected chi connectivity index (χ1v) is 6.02. The van der Waals surface area contributed by atoms with E-state index >= 15 is 0 Å². The fraction of sp³-hybridized carbons (Fsp3) is 0.571. The molecule has 102 valence electrons. The van der Waals surface area contributed by atoms with E-state index in [0.717, 1.165) is 5.56 Å². The third-order valence-electron chi connectivity index (χ3n) is 3.18. The SMILES string of the molecule is COc1cc([C@@H](O)CN(C)C(C)(C)C)ccc1O. The number of likely N-dealkylation sites (N-methyl/N-ethyl adjacent to an activating group) is 1. The molecule has 1 rings (SSSR count). The predicted octanol–water partition coefficient (Wildman–Crippen LogP) is 2.16. The molecule has 0 saturated heterocycles. The van der Waals surface area contributed by atoms with Gasteiger partial charge >= 0.3 is 0 Å². The summed E-state index contributed by atoms with van der Waals surface area (Å²) in [6.07, 6.45) is -0.608. The van der Waals surface area contributed by atoms with Crippen molar-refractivity contribution in [2.75, 3.05) is 20.7 Å². The number of hydrogen-bond donors (Lipinski definition) is 2. The molecule has 2 N–H and O–H groups in total. The zero-order valence-corrected chi connectivity index (χ0v) is 11.8. The molecule has 0 aliphatic rings. The average Bonchev–Trinajstić information content (AvgIpc) is 2.28. The second-order valence-corrected chi connectivity index (χ2v) is 5.50. The van der Waals surface area contributed by atoms with Gasteiger partial charge in [0, 0.05) is 12.1 Å². The Hall–Kier alpha value is -1.26. The number of nitrogens with zero attached hydrogens (tertiary/aromatic N) is 1. The van der Waals surface area contributed by atoms with Crippen LogP contribution in [0.1, 0.15) is 32.4 Å². The second-order valence-electron chi connectivity index (χ2n) is 5.50. The van der Waals surface area contributed by atoms with E-state index in [1.165, 1.54) is 13.2 Å². The number of hydrogen-bond acceptors (Lipinski definition) is 4. The van der Waals surface area contributed by atoms with E-state index in [-0.39, 0.29) is 11.3 Å². The third-order valence-corrected chi connectivity index (χ3v) is 3.18. The zero-order chi connectivity index (χ0) is 13.9. The maximum atomic E-state index is 10.2. The van der Waals surface area contributed by atoms with Crippen LogP contribution < -0.4 is 4.74 Å². The van der Waals surface area contributed by atoms with Crippen molar-refractivity contribution in [3.8, 4) is 11.5 Å². The Kier molecular flexibility index (Phi) is 4.59. The summed E-state index contributed by atoms with van der Waals surface area (Å²) in [5, 5.41) is 19.7. The van der Waals surface area contributed by atoms with E-state index < -0.39 is 6.10 Å². The lowest BCUT2D eigenvalue weighted by molar-refractivity contribution is 0.0788. The molecule has 0 aromatic heterocycles. The van der Waals surface area contributed by atoms with E-state index in [9.17, 15) is 10.2 Å². The van der Waals surface area contributed by atoms with Crippen LogP contribution in [0.25, 0.3) is 0 Å². The van der Waals surface area contributed by atoms with Gasteiger partial charge in [-0.3, -0.25) is 4.90 Å². The van der Waals surface area contributed by atoms with Crippen molar-refractivity contribution in [2.24, 2.45) is 0 Å². The first kappa shape index (κ1) is 14.8. The number of methoxy groups -OCH3 is 1. The van der Waals surface area contributed by atoms with Gasteiger partial charge in [-0.15, -0.1) is 0 Å². The molecule has 0 spiro atoms. The molecule has 18 heavy (non-hydrogen) atoms. The van der Waals surface area contributed by atoms with Crippen molar-refractivity contribution in [1.29, 1.82) is 0 Å². The predicted molar refractivity (Wildman–Crippen MR) is 72.0 cm³/mol. The van der Waals surface area contributed by atoms with Crippen molar-refractivity contribution in [2.45, 2.75) is 32.4 Å². The first-order valence-electron chi connectivity index (χ1n) is 6.02. The lowest BCUT2D eigenvalue weighted by atomic mass is 10.0. The zero-order valence-electron chi connectivity index (χ0n) is 11.8. The molecule has 0 amide bonds. The maximum Gasteiger partial charge on any atom is 0.160 e. The Balaban J connectivity index is 2.81. The molecular formula is C14H23NO3. The van der Waals surface area contributed by atoms with Crippen molar-refractivity contribution in [3.05, 3.63) is 23.8 Å². The molecule has 0 radical (unpaired) electrons. The summed E-state index contributed by atoms with van der Waals surface area (Å²) in [4.78, 5) is 2.08. The Morgan fingerprint density at radius 2 is 1.94 bits per heavy atom. The number of phenolic OH excluding ortho intramolecular Hbond substituents is 1. The lowest BCUT2D eigenvalue weighted by Crippen LogP contribution is -2.40. The Morgan fingerprint density at radius 3 is 2.44 bits per heavy atom. The average molecular weight is 253 g/mol. The van der Waals surface area contributed by atoms with Crippen LogP contribution in [-0.4, -0.2) is 41.4 Å². The van der Waals surface area contributed by atoms with E-state index in [2.05, 4.69) is 25.7 Å². The quantitative estimate of drug-likeness (QED) is 0.863. The molecule has 1 aromatic carbocycles. The molecule has 0 heterocycles. The van der Waals surface area contributed by atoms with Crippen LogP contribution in [0.2, 0.25) is 0 Å². The summed E-state index contributed by atoms with van der Waals surface area (Å²) in [6, 6.07) is 4.91. The van der Waals surface area contributed by atoms with Gasteiger partial charge in [-0.25, -0.2) is 0 Å². The first-order chi connectivity index (χ1) is 8.25. The summed E-state index contributed by atoms with van der Waals surface area (Å²) in [7, 11) is 3.47. The van der Waals surface area contributed by atoms with E-state index in [0.29, 0.717) is 12.3 Å². The molecule has 0 bridgehead atoms. The van der Waals surface area contributed by atoms with Gasteiger partial charge < -0.3 is 14.9 Å². The number of benzene rings is 1. The standard InChI is InChI=1S/C14H23NO3/c1-14(2,3)15(4)9-12(17)10-6-7-11(16)13(8-10)18-5/h6-8,12,16-17H,9H2,1-5H3/t12-/m0/s1. The molecule has 0 unspecified atom stereocenters. The number of aliphatic hydroxyl groups excluding tert-OH is 1. The Morgan fingerprint density at radius 1 is 1.33 bits per heavy atom. The lowest BCUT2D eigenvalue weighted by Gasteiger charge is -2.33. The molecule has 4 nitrogen and oxygen atoms in total. The summed E-state index contributed by atoms with van der Waals surface area (Å²) in [5.74, 6) is 0.461. The highest BCUT2D eigenvalue weighted by Gasteiger charge is 2.21. The fourth-order valence-corrected chi connectivity index (χ4v) is 1.54. The summed E-state index contributed by atoms with van der Waals surface area (Å²) in [6.45, 7) is 6.81. The minimum absolute atomic E-state index is 0.00197. The molecule has 0 aliphatic heterocycles. The fourth-order valence-electron chi connectivity index (χ4n) is 1.54. The van der Waals surface area contributed by atoms with Crippen LogP contribution in [0.15, 0.2) is 18.2 Å². The van der Waals surface area contributed by atoms with Gasteiger partial charge in [-0.1, -0.05) is 6.07 Å². The number of ether oxygens (including phenoxy) is 1. The van der Waals surface area contributed by atoms with Crippen molar-refractivity contribution < 1.29 is 14.9 Å². The van der Waals surface area contributed by atoms with Crippen LogP contribution in [-0.2, 0) is 0 Å². The highest BCUT2D eigenvalue weighted by atomic mass is 16.5. The van der Waals surface area contributed by atoms with Crippen LogP contribution >= 0.6 is 0 Å². The Labute approximate surface area is 109 Å². The third kappa shape index (κ3) is 3.62. The summed E-state index contributed by atoms with van der Waals surface area (Å²) >= 11 is 0. The van der Waals surface area contributed by atoms with E-state index in [1.807, 2.05) is 7.05 Å². The number of β-amino-alcohol motifs (C(OH)–C–C–N with tert-alkyl or cyclic N) is 1. The van der Waals surface area contributed by atoms with E-state index in [1.54, 1.807) is 12.1 Å². The number of aliphatic hydroxyl groups is 1. The van der Waals surface area contributed by atoms with E-state index in [4.69, 9.17) is 4.74 Å². The topological polar surface area (TPSA) is 52.9 Å². The maximum absolute atomic E-state index is 10.2. The number of aromatic hydroxyl groups is 1. The highest BCUT2D eigenvalue weighted by Crippen LogP contribution is 2.29. The van der Waals surface area contributed by atoms with Crippen molar-refractivity contribution in [1.82, 2.24) is 4.90 Å². The van der Waals surface area contributed by atoms with Crippen molar-refractivity contribution in [3.63, 3.8) is 0 Å². The second kappa shape index (κ2) is 5.59. The molecule has 0 saturated carbocycles. The molecule has 1 aromatic rings. The molecule has 0 aliphatic carbocycles. The summed E-state index contributed by atoms with van der Waals surface area (Å²) < 4.78 is 5.03. The molecular weight excluding hydrogens is 230 g/mol. The van der Waals surface area contributed by atoms with Gasteiger partial charge in [-0.05, 0) is 45.5 Å². The van der Waals surface area contributed by atoms with Crippen LogP contribution in [0.5, 0.6) is 11.5 Å². The minimum Gasteiger partial charge on any atom is -0.504 e. The van der Waals surface area contributed by atoms with Gasteiger partial charge in [0.05, 0.1) is 13.2 Å². The largest absolute Gasteiger partial charge is 0.504 e.